The lowest BCUT2D eigenvalue weighted by Gasteiger charge is -2.39. The first kappa shape index (κ1) is 17.3. The normalized spacial score (nSPS) is 25.2. The van der Waals surface area contributed by atoms with Crippen molar-refractivity contribution in [3.05, 3.63) is 35.4 Å². The predicted molar refractivity (Wildman–Crippen MR) is 86.5 cm³/mol. The van der Waals surface area contributed by atoms with E-state index in [9.17, 15) is 18.7 Å². The Balaban J connectivity index is 1.49. The zero-order valence-corrected chi connectivity index (χ0v) is 13.8. The molecule has 1 heterocycles. The zero-order valence-electron chi connectivity index (χ0n) is 13.8. The summed E-state index contributed by atoms with van der Waals surface area (Å²) in [6.07, 6.45) is 2.87. The molecule has 24 heavy (non-hydrogen) atoms. The molecular weight excluding hydrogens is 314 g/mol. The SMILES string of the molecule is O=C(CCc1c(F)cccc1F)N1CCN(C2CCCC2O)CC1. The maximum atomic E-state index is 13.6. The van der Waals surface area contributed by atoms with Gasteiger partial charge < -0.3 is 10.0 Å². The van der Waals surface area contributed by atoms with Crippen LogP contribution >= 0.6 is 0 Å². The molecule has 1 aromatic carbocycles. The van der Waals surface area contributed by atoms with Crippen molar-refractivity contribution in [2.75, 3.05) is 26.2 Å². The number of nitrogens with zero attached hydrogens (tertiary/aromatic N) is 2. The lowest BCUT2D eigenvalue weighted by Crippen LogP contribution is -2.53. The molecule has 1 saturated heterocycles. The molecule has 2 atom stereocenters. The van der Waals surface area contributed by atoms with E-state index >= 15 is 0 Å². The molecule has 2 aliphatic rings. The summed E-state index contributed by atoms with van der Waals surface area (Å²) in [5.41, 5.74) is -0.0152. The third-order valence-corrected chi connectivity index (χ3v) is 5.23. The number of carbonyl (C=O) groups is 1. The number of amides is 1. The highest BCUT2D eigenvalue weighted by Gasteiger charge is 2.33. The summed E-state index contributed by atoms with van der Waals surface area (Å²) in [6.45, 7) is 2.73. The number of piperazine rings is 1. The van der Waals surface area contributed by atoms with Crippen molar-refractivity contribution in [2.45, 2.75) is 44.2 Å². The second-order valence-electron chi connectivity index (χ2n) is 6.68. The fourth-order valence-electron chi connectivity index (χ4n) is 3.81. The van der Waals surface area contributed by atoms with E-state index in [-0.39, 0.29) is 36.5 Å². The van der Waals surface area contributed by atoms with Crippen molar-refractivity contribution in [2.24, 2.45) is 0 Å². The number of aliphatic hydroxyl groups is 1. The van der Waals surface area contributed by atoms with Crippen LogP contribution in [0.25, 0.3) is 0 Å². The van der Waals surface area contributed by atoms with Crippen molar-refractivity contribution in [1.82, 2.24) is 9.80 Å². The second-order valence-corrected chi connectivity index (χ2v) is 6.68. The van der Waals surface area contributed by atoms with Gasteiger partial charge in [0.2, 0.25) is 5.91 Å². The first-order valence-electron chi connectivity index (χ1n) is 8.69. The van der Waals surface area contributed by atoms with E-state index < -0.39 is 11.6 Å². The lowest BCUT2D eigenvalue weighted by molar-refractivity contribution is -0.133. The molecule has 3 rings (SSSR count). The molecule has 132 valence electrons. The highest BCUT2D eigenvalue weighted by molar-refractivity contribution is 5.76. The molecule has 1 aromatic rings. The molecule has 0 aromatic heterocycles. The number of halogens is 2. The molecule has 1 N–H and O–H groups in total. The first-order valence-corrected chi connectivity index (χ1v) is 8.69. The van der Waals surface area contributed by atoms with Crippen LogP contribution in [0.3, 0.4) is 0 Å². The van der Waals surface area contributed by atoms with Gasteiger partial charge in [-0.1, -0.05) is 6.07 Å². The van der Waals surface area contributed by atoms with Crippen LogP contribution in [0.4, 0.5) is 8.78 Å². The number of hydrogen-bond donors (Lipinski definition) is 1. The zero-order chi connectivity index (χ0) is 17.1. The number of aliphatic hydroxyl groups excluding tert-OH is 1. The summed E-state index contributed by atoms with van der Waals surface area (Å²) in [5, 5.41) is 9.99. The second kappa shape index (κ2) is 7.57. The van der Waals surface area contributed by atoms with Crippen LogP contribution in [0.5, 0.6) is 0 Å². The lowest BCUT2D eigenvalue weighted by atomic mass is 10.1. The molecular formula is C18H24F2N2O2. The molecule has 0 spiro atoms. The van der Waals surface area contributed by atoms with Crippen LogP contribution in [-0.4, -0.2) is 59.1 Å². The van der Waals surface area contributed by atoms with Gasteiger partial charge in [-0.2, -0.15) is 0 Å². The van der Waals surface area contributed by atoms with Crippen LogP contribution in [0.1, 0.15) is 31.2 Å². The maximum absolute atomic E-state index is 13.6. The molecule has 4 nitrogen and oxygen atoms in total. The Hall–Kier alpha value is -1.53. The fourth-order valence-corrected chi connectivity index (χ4v) is 3.81. The Morgan fingerprint density at radius 1 is 1.12 bits per heavy atom. The van der Waals surface area contributed by atoms with Crippen LogP contribution in [-0.2, 0) is 11.2 Å². The Morgan fingerprint density at radius 3 is 2.38 bits per heavy atom. The molecule has 6 heteroatoms. The van der Waals surface area contributed by atoms with Gasteiger partial charge in [-0.05, 0) is 37.8 Å². The monoisotopic (exact) mass is 338 g/mol. The van der Waals surface area contributed by atoms with Crippen molar-refractivity contribution in [3.8, 4) is 0 Å². The topological polar surface area (TPSA) is 43.8 Å². The molecule has 0 radical (unpaired) electrons. The third kappa shape index (κ3) is 3.75. The molecule has 1 aliphatic carbocycles. The van der Waals surface area contributed by atoms with Crippen LogP contribution in [0.2, 0.25) is 0 Å². The van der Waals surface area contributed by atoms with E-state index in [1.165, 1.54) is 18.2 Å². The number of hydrogen-bond acceptors (Lipinski definition) is 3. The van der Waals surface area contributed by atoms with E-state index in [4.69, 9.17) is 0 Å². The van der Waals surface area contributed by atoms with Crippen molar-refractivity contribution >= 4 is 5.91 Å². The highest BCUT2D eigenvalue weighted by atomic mass is 19.1. The molecule has 1 saturated carbocycles. The number of benzene rings is 1. The van der Waals surface area contributed by atoms with Gasteiger partial charge in [0.1, 0.15) is 11.6 Å². The van der Waals surface area contributed by atoms with E-state index in [0.29, 0.717) is 13.1 Å². The quantitative estimate of drug-likeness (QED) is 0.913. The van der Waals surface area contributed by atoms with Crippen molar-refractivity contribution in [1.29, 1.82) is 0 Å². The Kier molecular flexibility index (Phi) is 5.46. The Bertz CT molecular complexity index is 568. The van der Waals surface area contributed by atoms with Crippen molar-refractivity contribution in [3.63, 3.8) is 0 Å². The molecule has 0 bridgehead atoms. The highest BCUT2D eigenvalue weighted by Crippen LogP contribution is 2.25. The minimum Gasteiger partial charge on any atom is -0.391 e. The summed E-state index contributed by atoms with van der Waals surface area (Å²) in [7, 11) is 0. The summed E-state index contributed by atoms with van der Waals surface area (Å²) in [5.74, 6) is -1.25. The average molecular weight is 338 g/mol. The van der Waals surface area contributed by atoms with E-state index in [2.05, 4.69) is 4.90 Å². The summed E-state index contributed by atoms with van der Waals surface area (Å²) in [4.78, 5) is 16.3. The smallest absolute Gasteiger partial charge is 0.222 e. The van der Waals surface area contributed by atoms with Gasteiger partial charge in [0.25, 0.3) is 0 Å². The van der Waals surface area contributed by atoms with E-state index in [1.807, 2.05) is 0 Å². The van der Waals surface area contributed by atoms with Crippen LogP contribution in [0.15, 0.2) is 18.2 Å². The standard InChI is InChI=1S/C18H24F2N2O2/c19-14-3-1-4-15(20)13(14)7-8-18(24)22-11-9-21(10-12-22)16-5-2-6-17(16)23/h1,3-4,16-17,23H,2,5-12H2. The summed E-state index contributed by atoms with van der Waals surface area (Å²) >= 11 is 0. The summed E-state index contributed by atoms with van der Waals surface area (Å²) in [6, 6.07) is 3.98. The van der Waals surface area contributed by atoms with Gasteiger partial charge in [0, 0.05) is 44.2 Å². The van der Waals surface area contributed by atoms with E-state index in [0.717, 1.165) is 32.4 Å². The third-order valence-electron chi connectivity index (χ3n) is 5.23. The van der Waals surface area contributed by atoms with Crippen LogP contribution < -0.4 is 0 Å². The number of carbonyl (C=O) groups excluding carboxylic acids is 1. The molecule has 2 unspecified atom stereocenters. The van der Waals surface area contributed by atoms with E-state index in [1.54, 1.807) is 4.90 Å². The maximum Gasteiger partial charge on any atom is 0.222 e. The van der Waals surface area contributed by atoms with Gasteiger partial charge in [-0.3, -0.25) is 9.69 Å². The Morgan fingerprint density at radius 2 is 1.79 bits per heavy atom. The van der Waals surface area contributed by atoms with Gasteiger partial charge in [0.15, 0.2) is 0 Å². The largest absolute Gasteiger partial charge is 0.391 e. The first-order chi connectivity index (χ1) is 11.6. The Labute approximate surface area is 141 Å². The van der Waals surface area contributed by atoms with Gasteiger partial charge in [-0.15, -0.1) is 0 Å². The minimum absolute atomic E-state index is 0.0152. The van der Waals surface area contributed by atoms with Gasteiger partial charge in [-0.25, -0.2) is 8.78 Å². The fraction of sp³-hybridized carbons (Fsp3) is 0.611. The van der Waals surface area contributed by atoms with Crippen LogP contribution in [0, 0.1) is 11.6 Å². The van der Waals surface area contributed by atoms with Gasteiger partial charge >= 0.3 is 0 Å². The average Bonchev–Trinajstić information content (AvgIpc) is 3.00. The molecule has 1 aliphatic heterocycles. The number of rotatable bonds is 4. The van der Waals surface area contributed by atoms with Crippen molar-refractivity contribution < 1.29 is 18.7 Å². The molecule has 2 fully saturated rings. The van der Waals surface area contributed by atoms with Gasteiger partial charge in [0.05, 0.1) is 6.10 Å². The molecule has 1 amide bonds. The predicted octanol–water partition coefficient (Wildman–Crippen LogP) is 1.95. The minimum atomic E-state index is -0.595. The summed E-state index contributed by atoms with van der Waals surface area (Å²) < 4.78 is 27.2.